The summed E-state index contributed by atoms with van der Waals surface area (Å²) >= 11 is 0. The highest BCUT2D eigenvalue weighted by molar-refractivity contribution is 5.92. The number of aromatic nitrogens is 5. The molecule has 0 radical (unpaired) electrons. The average Bonchev–Trinajstić information content (AvgIpc) is 3.01. The van der Waals surface area contributed by atoms with Gasteiger partial charge in [-0.25, -0.2) is 9.67 Å². The van der Waals surface area contributed by atoms with Crippen LogP contribution < -0.4 is 0 Å². The van der Waals surface area contributed by atoms with Crippen LogP contribution in [0.25, 0.3) is 5.82 Å². The molecule has 0 bridgehead atoms. The predicted octanol–water partition coefficient (Wildman–Crippen LogP) is 0.929. The van der Waals surface area contributed by atoms with Crippen molar-refractivity contribution in [2.24, 2.45) is 5.92 Å². The highest BCUT2D eigenvalue weighted by Gasteiger charge is 2.23. The summed E-state index contributed by atoms with van der Waals surface area (Å²) in [5, 5.41) is 12.0. The second kappa shape index (κ2) is 5.36. The van der Waals surface area contributed by atoms with Gasteiger partial charge in [-0.1, -0.05) is 6.92 Å². The number of carbonyl (C=O) groups is 1. The van der Waals surface area contributed by atoms with Gasteiger partial charge >= 0.3 is 0 Å². The molecular weight excluding hydrogens is 256 g/mol. The molecule has 20 heavy (non-hydrogen) atoms. The van der Waals surface area contributed by atoms with Gasteiger partial charge in [-0.3, -0.25) is 4.79 Å². The number of hydrogen-bond donors (Lipinski definition) is 0. The standard InChI is InChI=1S/C13H16N6O/c1-10-3-2-6-18(7-10)13(20)11-4-5-12(17-16-11)19-9-14-8-15-19/h4-5,8-10H,2-3,6-7H2,1H3. The number of likely N-dealkylation sites (tertiary alicyclic amines) is 1. The first-order valence-electron chi connectivity index (χ1n) is 6.72. The predicted molar refractivity (Wildman–Crippen MR) is 71.3 cm³/mol. The number of amides is 1. The maximum atomic E-state index is 12.3. The largest absolute Gasteiger partial charge is 0.337 e. The molecule has 1 aliphatic rings. The molecule has 0 aromatic carbocycles. The van der Waals surface area contributed by atoms with Crippen LogP contribution in [0, 0.1) is 5.92 Å². The summed E-state index contributed by atoms with van der Waals surface area (Å²) in [4.78, 5) is 18.0. The molecule has 2 aromatic rings. The summed E-state index contributed by atoms with van der Waals surface area (Å²) in [7, 11) is 0. The Kier molecular flexibility index (Phi) is 3.41. The summed E-state index contributed by atoms with van der Waals surface area (Å²) in [6.07, 6.45) is 5.20. The third-order valence-corrected chi connectivity index (χ3v) is 3.47. The zero-order valence-corrected chi connectivity index (χ0v) is 11.3. The van der Waals surface area contributed by atoms with E-state index in [1.165, 1.54) is 23.8 Å². The fourth-order valence-corrected chi connectivity index (χ4v) is 2.42. The van der Waals surface area contributed by atoms with Crippen LogP contribution in [0.3, 0.4) is 0 Å². The van der Waals surface area contributed by atoms with Crippen molar-refractivity contribution in [3.63, 3.8) is 0 Å². The van der Waals surface area contributed by atoms with Crippen molar-refractivity contribution in [3.05, 3.63) is 30.5 Å². The van der Waals surface area contributed by atoms with Gasteiger partial charge in [0.2, 0.25) is 0 Å². The minimum Gasteiger partial charge on any atom is -0.337 e. The molecule has 0 N–H and O–H groups in total. The Morgan fingerprint density at radius 3 is 2.90 bits per heavy atom. The molecule has 1 amide bonds. The molecule has 1 unspecified atom stereocenters. The first kappa shape index (κ1) is 12.7. The zero-order chi connectivity index (χ0) is 13.9. The van der Waals surface area contributed by atoms with E-state index in [1.54, 1.807) is 12.1 Å². The Bertz CT molecular complexity index is 579. The number of nitrogens with zero attached hydrogens (tertiary/aromatic N) is 6. The smallest absolute Gasteiger partial charge is 0.274 e. The van der Waals surface area contributed by atoms with E-state index in [4.69, 9.17) is 0 Å². The Labute approximate surface area is 116 Å². The van der Waals surface area contributed by atoms with Gasteiger partial charge in [0.05, 0.1) is 0 Å². The van der Waals surface area contributed by atoms with Crippen molar-refractivity contribution in [3.8, 4) is 5.82 Å². The second-order valence-electron chi connectivity index (χ2n) is 5.12. The highest BCUT2D eigenvalue weighted by atomic mass is 16.2. The van der Waals surface area contributed by atoms with Crippen molar-refractivity contribution in [1.29, 1.82) is 0 Å². The Balaban J connectivity index is 1.75. The van der Waals surface area contributed by atoms with Gasteiger partial charge in [0, 0.05) is 13.1 Å². The van der Waals surface area contributed by atoms with Crippen LogP contribution in [-0.2, 0) is 0 Å². The lowest BCUT2D eigenvalue weighted by Gasteiger charge is -2.30. The van der Waals surface area contributed by atoms with Crippen molar-refractivity contribution in [2.45, 2.75) is 19.8 Å². The molecule has 104 valence electrons. The Morgan fingerprint density at radius 2 is 2.25 bits per heavy atom. The minimum atomic E-state index is -0.0470. The summed E-state index contributed by atoms with van der Waals surface area (Å²) in [6, 6.07) is 3.41. The Hall–Kier alpha value is -2.31. The van der Waals surface area contributed by atoms with Crippen molar-refractivity contribution >= 4 is 5.91 Å². The van der Waals surface area contributed by atoms with E-state index in [1.807, 2.05) is 4.90 Å². The van der Waals surface area contributed by atoms with Crippen LogP contribution in [0.15, 0.2) is 24.8 Å². The molecule has 0 saturated carbocycles. The van der Waals surface area contributed by atoms with Crippen molar-refractivity contribution in [2.75, 3.05) is 13.1 Å². The monoisotopic (exact) mass is 272 g/mol. The number of piperidine rings is 1. The topological polar surface area (TPSA) is 76.8 Å². The minimum absolute atomic E-state index is 0.0470. The second-order valence-corrected chi connectivity index (χ2v) is 5.12. The molecule has 3 heterocycles. The number of carbonyl (C=O) groups excluding carboxylic acids is 1. The van der Waals surface area contributed by atoms with E-state index in [-0.39, 0.29) is 5.91 Å². The van der Waals surface area contributed by atoms with Gasteiger partial charge in [0.25, 0.3) is 5.91 Å². The molecule has 0 spiro atoms. The van der Waals surface area contributed by atoms with Gasteiger partial charge in [-0.2, -0.15) is 5.10 Å². The fraction of sp³-hybridized carbons (Fsp3) is 0.462. The van der Waals surface area contributed by atoms with Crippen LogP contribution in [0.4, 0.5) is 0 Å². The molecule has 0 aliphatic carbocycles. The first-order chi connectivity index (χ1) is 9.74. The summed E-state index contributed by atoms with van der Waals surface area (Å²) in [5.41, 5.74) is 0.378. The molecule has 7 nitrogen and oxygen atoms in total. The highest BCUT2D eigenvalue weighted by Crippen LogP contribution is 2.17. The molecule has 1 aliphatic heterocycles. The third-order valence-electron chi connectivity index (χ3n) is 3.47. The molecule has 1 fully saturated rings. The van der Waals surface area contributed by atoms with Crippen LogP contribution in [0.2, 0.25) is 0 Å². The molecule has 7 heteroatoms. The van der Waals surface area contributed by atoms with E-state index in [0.717, 1.165) is 19.5 Å². The normalized spacial score (nSPS) is 19.1. The fourth-order valence-electron chi connectivity index (χ4n) is 2.42. The summed E-state index contributed by atoms with van der Waals surface area (Å²) in [5.74, 6) is 1.05. The average molecular weight is 272 g/mol. The third kappa shape index (κ3) is 2.52. The zero-order valence-electron chi connectivity index (χ0n) is 11.3. The van der Waals surface area contributed by atoms with Gasteiger partial charge < -0.3 is 4.90 Å². The lowest BCUT2D eigenvalue weighted by atomic mass is 10.00. The first-order valence-corrected chi connectivity index (χ1v) is 6.72. The Morgan fingerprint density at radius 1 is 1.35 bits per heavy atom. The van der Waals surface area contributed by atoms with E-state index in [0.29, 0.717) is 17.4 Å². The maximum absolute atomic E-state index is 12.3. The van der Waals surface area contributed by atoms with Crippen LogP contribution in [-0.4, -0.2) is 48.9 Å². The quantitative estimate of drug-likeness (QED) is 0.812. The SMILES string of the molecule is CC1CCCN(C(=O)c2ccc(-n3cncn3)nn2)C1. The molecule has 3 rings (SSSR count). The maximum Gasteiger partial charge on any atom is 0.274 e. The van der Waals surface area contributed by atoms with Crippen LogP contribution in [0.5, 0.6) is 0 Å². The molecule has 2 aromatic heterocycles. The van der Waals surface area contributed by atoms with Crippen LogP contribution >= 0.6 is 0 Å². The van der Waals surface area contributed by atoms with Gasteiger partial charge in [-0.05, 0) is 30.9 Å². The number of rotatable bonds is 2. The van der Waals surface area contributed by atoms with E-state index < -0.39 is 0 Å². The molecular formula is C13H16N6O. The lowest BCUT2D eigenvalue weighted by Crippen LogP contribution is -2.39. The van der Waals surface area contributed by atoms with E-state index in [2.05, 4.69) is 27.2 Å². The summed E-state index contributed by atoms with van der Waals surface area (Å²) < 4.78 is 1.50. The molecule has 1 saturated heterocycles. The number of hydrogen-bond acceptors (Lipinski definition) is 5. The van der Waals surface area contributed by atoms with Crippen molar-refractivity contribution in [1.82, 2.24) is 29.9 Å². The van der Waals surface area contributed by atoms with Crippen LogP contribution in [0.1, 0.15) is 30.3 Å². The lowest BCUT2D eigenvalue weighted by molar-refractivity contribution is 0.0676. The van der Waals surface area contributed by atoms with Gasteiger partial charge in [-0.15, -0.1) is 10.2 Å². The van der Waals surface area contributed by atoms with Gasteiger partial charge in [0.15, 0.2) is 11.5 Å². The van der Waals surface area contributed by atoms with Crippen molar-refractivity contribution < 1.29 is 4.79 Å². The summed E-state index contributed by atoms with van der Waals surface area (Å²) in [6.45, 7) is 3.76. The molecule has 1 atom stereocenters. The van der Waals surface area contributed by atoms with E-state index in [9.17, 15) is 4.79 Å². The van der Waals surface area contributed by atoms with E-state index >= 15 is 0 Å². The van der Waals surface area contributed by atoms with Gasteiger partial charge in [0.1, 0.15) is 12.7 Å².